The third kappa shape index (κ3) is 3.24. The van der Waals surface area contributed by atoms with Crippen molar-refractivity contribution in [3.05, 3.63) is 36.0 Å². The first-order valence-electron chi connectivity index (χ1n) is 5.97. The number of rotatable bonds is 6. The van der Waals surface area contributed by atoms with E-state index in [0.29, 0.717) is 6.61 Å². The van der Waals surface area contributed by atoms with Crippen molar-refractivity contribution in [2.45, 2.75) is 11.3 Å². The van der Waals surface area contributed by atoms with Gasteiger partial charge in [-0.15, -0.1) is 11.8 Å². The van der Waals surface area contributed by atoms with Gasteiger partial charge in [0.1, 0.15) is 0 Å². The van der Waals surface area contributed by atoms with Crippen LogP contribution < -0.4 is 0 Å². The van der Waals surface area contributed by atoms with Crippen LogP contribution >= 0.6 is 11.8 Å². The van der Waals surface area contributed by atoms with Crippen LogP contribution in [0.1, 0.15) is 16.8 Å². The van der Waals surface area contributed by atoms with E-state index < -0.39 is 5.97 Å². The highest BCUT2D eigenvalue weighted by molar-refractivity contribution is 7.99. The zero-order chi connectivity index (χ0) is 13.7. The van der Waals surface area contributed by atoms with Crippen LogP contribution in [-0.2, 0) is 4.74 Å². The van der Waals surface area contributed by atoms with Gasteiger partial charge in [0.2, 0.25) is 0 Å². The minimum Gasteiger partial charge on any atom is -0.478 e. The number of nitrogens with zero attached hydrogens (tertiary/aromatic N) is 1. The Bertz CT molecular complexity index is 586. The molecule has 0 spiro atoms. The molecule has 0 bridgehead atoms. The maximum atomic E-state index is 11.3. The highest BCUT2D eigenvalue weighted by atomic mass is 32.2. The van der Waals surface area contributed by atoms with Gasteiger partial charge < -0.3 is 9.84 Å². The van der Waals surface area contributed by atoms with Crippen LogP contribution in [0, 0.1) is 0 Å². The standard InChI is InChI=1S/C14H15NO3S/c1-18-7-4-8-19-13-10-5-2-3-6-12(10)15-9-11(13)14(16)17/h2-3,5-6,9H,4,7-8H2,1H3,(H,16,17). The lowest BCUT2D eigenvalue weighted by Gasteiger charge is -2.09. The van der Waals surface area contributed by atoms with Crippen molar-refractivity contribution in [1.82, 2.24) is 4.98 Å². The van der Waals surface area contributed by atoms with E-state index in [0.717, 1.165) is 28.0 Å². The number of thioether (sulfide) groups is 1. The van der Waals surface area contributed by atoms with Crippen LogP contribution in [-0.4, -0.2) is 35.5 Å². The third-order valence-corrected chi connectivity index (χ3v) is 3.92. The molecule has 0 saturated heterocycles. The van der Waals surface area contributed by atoms with Crippen molar-refractivity contribution in [3.8, 4) is 0 Å². The molecule has 1 N–H and O–H groups in total. The maximum absolute atomic E-state index is 11.3. The van der Waals surface area contributed by atoms with Crippen molar-refractivity contribution in [1.29, 1.82) is 0 Å². The van der Waals surface area contributed by atoms with Gasteiger partial charge in [0, 0.05) is 35.9 Å². The van der Waals surface area contributed by atoms with E-state index >= 15 is 0 Å². The SMILES string of the molecule is COCCCSc1c(C(=O)O)cnc2ccccc12. The number of carboxylic acids is 1. The number of hydrogen-bond donors (Lipinski definition) is 1. The first kappa shape index (κ1) is 13.8. The highest BCUT2D eigenvalue weighted by Gasteiger charge is 2.14. The molecule has 100 valence electrons. The number of para-hydroxylation sites is 1. The largest absolute Gasteiger partial charge is 0.478 e. The number of carboxylic acid groups (broad SMARTS) is 1. The van der Waals surface area contributed by atoms with Crippen LogP contribution in [0.15, 0.2) is 35.4 Å². The zero-order valence-corrected chi connectivity index (χ0v) is 11.4. The van der Waals surface area contributed by atoms with E-state index in [1.54, 1.807) is 18.9 Å². The maximum Gasteiger partial charge on any atom is 0.338 e. The summed E-state index contributed by atoms with van der Waals surface area (Å²) in [5.41, 5.74) is 1.09. The normalized spacial score (nSPS) is 10.8. The topological polar surface area (TPSA) is 59.4 Å². The zero-order valence-electron chi connectivity index (χ0n) is 10.6. The monoisotopic (exact) mass is 277 g/mol. The van der Waals surface area contributed by atoms with Gasteiger partial charge in [0.15, 0.2) is 0 Å². The summed E-state index contributed by atoms with van der Waals surface area (Å²) in [5.74, 6) is -0.116. The molecule has 5 heteroatoms. The lowest BCUT2D eigenvalue weighted by Crippen LogP contribution is -2.01. The van der Waals surface area contributed by atoms with Crippen LogP contribution in [0.5, 0.6) is 0 Å². The number of carbonyl (C=O) groups is 1. The van der Waals surface area contributed by atoms with E-state index in [1.807, 2.05) is 24.3 Å². The molecule has 1 aromatic carbocycles. The van der Waals surface area contributed by atoms with Crippen molar-refractivity contribution in [2.24, 2.45) is 0 Å². The average Bonchev–Trinajstić information content (AvgIpc) is 2.43. The minimum atomic E-state index is -0.938. The molecule has 2 aromatic rings. The van der Waals surface area contributed by atoms with Crippen LogP contribution in [0.4, 0.5) is 0 Å². The Morgan fingerprint density at radius 1 is 1.42 bits per heavy atom. The molecule has 2 rings (SSSR count). The summed E-state index contributed by atoms with van der Waals surface area (Å²) in [7, 11) is 1.66. The summed E-state index contributed by atoms with van der Waals surface area (Å²) >= 11 is 1.54. The number of benzene rings is 1. The molecule has 19 heavy (non-hydrogen) atoms. The van der Waals surface area contributed by atoms with Crippen LogP contribution in [0.2, 0.25) is 0 Å². The van der Waals surface area contributed by atoms with Gasteiger partial charge >= 0.3 is 5.97 Å². The van der Waals surface area contributed by atoms with Gasteiger partial charge in [-0.1, -0.05) is 18.2 Å². The molecule has 0 aliphatic carbocycles. The van der Waals surface area contributed by atoms with Gasteiger partial charge in [-0.05, 0) is 12.5 Å². The number of methoxy groups -OCH3 is 1. The summed E-state index contributed by atoms with van der Waals surface area (Å²) in [6, 6.07) is 7.59. The predicted octanol–water partition coefficient (Wildman–Crippen LogP) is 3.06. The lowest BCUT2D eigenvalue weighted by atomic mass is 10.1. The Hall–Kier alpha value is -1.59. The molecule has 0 aliphatic heterocycles. The fraction of sp³-hybridized carbons (Fsp3) is 0.286. The number of pyridine rings is 1. The van der Waals surface area contributed by atoms with Gasteiger partial charge in [0.25, 0.3) is 0 Å². The molecule has 0 unspecified atom stereocenters. The van der Waals surface area contributed by atoms with E-state index in [1.165, 1.54) is 6.20 Å². The first-order chi connectivity index (χ1) is 9.24. The summed E-state index contributed by atoms with van der Waals surface area (Å²) < 4.78 is 5.00. The Balaban J connectivity index is 2.35. The lowest BCUT2D eigenvalue weighted by molar-refractivity contribution is 0.0693. The van der Waals surface area contributed by atoms with Crippen molar-refractivity contribution in [2.75, 3.05) is 19.5 Å². The Morgan fingerprint density at radius 2 is 2.21 bits per heavy atom. The average molecular weight is 277 g/mol. The third-order valence-electron chi connectivity index (χ3n) is 2.70. The molecule has 0 radical (unpaired) electrons. The second-order valence-electron chi connectivity index (χ2n) is 4.02. The Labute approximate surface area is 115 Å². The summed E-state index contributed by atoms with van der Waals surface area (Å²) in [6.45, 7) is 0.679. The molecule has 0 aliphatic rings. The molecule has 1 heterocycles. The van der Waals surface area contributed by atoms with E-state index in [9.17, 15) is 9.90 Å². The number of ether oxygens (including phenoxy) is 1. The number of aromatic carboxylic acids is 1. The Kier molecular flexibility index (Phi) is 4.76. The molecule has 0 atom stereocenters. The molecule has 1 aromatic heterocycles. The van der Waals surface area contributed by atoms with E-state index in [-0.39, 0.29) is 5.56 Å². The summed E-state index contributed by atoms with van der Waals surface area (Å²) in [4.78, 5) is 16.3. The first-order valence-corrected chi connectivity index (χ1v) is 6.95. The molecule has 4 nitrogen and oxygen atoms in total. The minimum absolute atomic E-state index is 0.265. The summed E-state index contributed by atoms with van der Waals surface area (Å²) in [5, 5.41) is 10.1. The fourth-order valence-corrected chi connectivity index (χ4v) is 2.89. The Morgan fingerprint density at radius 3 is 2.95 bits per heavy atom. The number of hydrogen-bond acceptors (Lipinski definition) is 4. The molecule has 0 fully saturated rings. The van der Waals surface area contributed by atoms with Gasteiger partial charge in [-0.25, -0.2) is 4.79 Å². The van der Waals surface area contributed by atoms with E-state index in [4.69, 9.17) is 4.74 Å². The van der Waals surface area contributed by atoms with Gasteiger partial charge in [-0.3, -0.25) is 4.98 Å². The molecular formula is C14H15NO3S. The smallest absolute Gasteiger partial charge is 0.338 e. The molecule has 0 amide bonds. The number of aromatic nitrogens is 1. The van der Waals surface area contributed by atoms with Crippen LogP contribution in [0.3, 0.4) is 0 Å². The molecule has 0 saturated carbocycles. The number of fused-ring (bicyclic) bond motifs is 1. The highest BCUT2D eigenvalue weighted by Crippen LogP contribution is 2.30. The second kappa shape index (κ2) is 6.54. The molecular weight excluding hydrogens is 262 g/mol. The van der Waals surface area contributed by atoms with Crippen LogP contribution in [0.25, 0.3) is 10.9 Å². The van der Waals surface area contributed by atoms with Gasteiger partial charge in [-0.2, -0.15) is 0 Å². The predicted molar refractivity (Wildman–Crippen MR) is 75.9 cm³/mol. The quantitative estimate of drug-likeness (QED) is 0.649. The second-order valence-corrected chi connectivity index (χ2v) is 5.12. The van der Waals surface area contributed by atoms with Crippen molar-refractivity contribution >= 4 is 28.6 Å². The fourth-order valence-electron chi connectivity index (χ4n) is 1.80. The van der Waals surface area contributed by atoms with Crippen molar-refractivity contribution in [3.63, 3.8) is 0 Å². The van der Waals surface area contributed by atoms with Crippen molar-refractivity contribution < 1.29 is 14.6 Å². The summed E-state index contributed by atoms with van der Waals surface area (Å²) in [6.07, 6.45) is 2.32. The van der Waals surface area contributed by atoms with Gasteiger partial charge in [0.05, 0.1) is 11.1 Å². The van der Waals surface area contributed by atoms with E-state index in [2.05, 4.69) is 4.98 Å².